The van der Waals surface area contributed by atoms with Crippen LogP contribution in [0.2, 0.25) is 0 Å². The molecule has 1 aromatic carbocycles. The highest BCUT2D eigenvalue weighted by Crippen LogP contribution is 2.18. The maximum absolute atomic E-state index is 12.4. The maximum Gasteiger partial charge on any atom is 0.251 e. The van der Waals surface area contributed by atoms with Gasteiger partial charge in [0, 0.05) is 42.2 Å². The van der Waals surface area contributed by atoms with Crippen molar-refractivity contribution in [2.24, 2.45) is 0 Å². The van der Waals surface area contributed by atoms with Crippen LogP contribution < -0.4 is 11.0 Å². The fraction of sp³-hybridized carbons (Fsp3) is 0.167. The van der Waals surface area contributed by atoms with Crippen LogP contribution in [0.4, 0.5) is 0 Å². The lowest BCUT2D eigenvalue weighted by Crippen LogP contribution is -2.26. The average Bonchev–Trinajstić information content (AvgIpc) is 2.77. The molecule has 0 spiro atoms. The number of unbranched alkanes of at least 4 members (excludes halogenated alkanes) is 1. The molecule has 2 N–H and O–H groups in total. The molecule has 0 amide bonds. The number of nitrogens with one attached hydrogen (secondary N) is 2. The van der Waals surface area contributed by atoms with Crippen LogP contribution in [0, 0.1) is 10.8 Å². The summed E-state index contributed by atoms with van der Waals surface area (Å²) < 4.78 is 3.23. The summed E-state index contributed by atoms with van der Waals surface area (Å²) in [5, 5.41) is 18.0. The molecule has 0 atom stereocenters. The third-order valence-corrected chi connectivity index (χ3v) is 5.18. The molecule has 0 radical (unpaired) electrons. The molecule has 0 unspecified atom stereocenters. The Morgan fingerprint density at radius 1 is 1.03 bits per heavy atom. The van der Waals surface area contributed by atoms with Crippen LogP contribution >= 0.6 is 0 Å². The van der Waals surface area contributed by atoms with E-state index >= 15 is 0 Å². The van der Waals surface area contributed by atoms with Gasteiger partial charge in [0.05, 0.1) is 5.52 Å². The zero-order valence-corrected chi connectivity index (χ0v) is 16.8. The molecule has 0 bridgehead atoms. The van der Waals surface area contributed by atoms with E-state index in [0.717, 1.165) is 34.9 Å². The van der Waals surface area contributed by atoms with Gasteiger partial charge in [-0.25, -0.2) is 0 Å². The summed E-state index contributed by atoms with van der Waals surface area (Å²) >= 11 is 0. The van der Waals surface area contributed by atoms with Crippen LogP contribution in [0.1, 0.15) is 25.3 Å². The number of hydrogen-bond acceptors (Lipinski definition) is 4. The first-order chi connectivity index (χ1) is 14.6. The minimum absolute atomic E-state index is 0.0415. The van der Waals surface area contributed by atoms with Crippen LogP contribution in [-0.4, -0.2) is 20.0 Å². The molecular formula is C24H23N5O. The topological polar surface area (TPSA) is 87.5 Å². The highest BCUT2D eigenvalue weighted by Gasteiger charge is 2.10. The molecule has 6 nitrogen and oxygen atoms in total. The first-order valence-corrected chi connectivity index (χ1v) is 9.99. The summed E-state index contributed by atoms with van der Waals surface area (Å²) in [6.45, 7) is 2.81. The van der Waals surface area contributed by atoms with Crippen molar-refractivity contribution in [1.29, 1.82) is 10.8 Å². The van der Waals surface area contributed by atoms with Gasteiger partial charge >= 0.3 is 0 Å². The van der Waals surface area contributed by atoms with Crippen molar-refractivity contribution in [3.63, 3.8) is 0 Å². The zero-order chi connectivity index (χ0) is 21.1. The number of fused-ring (bicyclic) bond motifs is 1. The second-order valence-electron chi connectivity index (χ2n) is 7.20. The number of aryl methyl sites for hydroxylation is 1. The number of hydrogen-bond donors (Lipinski definition) is 2. The highest BCUT2D eigenvalue weighted by atomic mass is 16.1. The minimum Gasteiger partial charge on any atom is -0.316 e. The van der Waals surface area contributed by atoms with Crippen LogP contribution in [0.3, 0.4) is 0 Å². The molecule has 6 heteroatoms. The monoisotopic (exact) mass is 397 g/mol. The van der Waals surface area contributed by atoms with Gasteiger partial charge < -0.3 is 4.57 Å². The third-order valence-electron chi connectivity index (χ3n) is 5.18. The van der Waals surface area contributed by atoms with Gasteiger partial charge in [-0.3, -0.25) is 25.2 Å². The first-order valence-electron chi connectivity index (χ1n) is 9.99. The summed E-state index contributed by atoms with van der Waals surface area (Å²) in [5.41, 5.74) is 3.21. The summed E-state index contributed by atoms with van der Waals surface area (Å²) in [7, 11) is 0. The quantitative estimate of drug-likeness (QED) is 0.394. The molecule has 0 saturated carbocycles. The van der Waals surface area contributed by atoms with E-state index in [4.69, 9.17) is 10.8 Å². The first kappa shape index (κ1) is 19.5. The van der Waals surface area contributed by atoms with Gasteiger partial charge in [-0.1, -0.05) is 31.5 Å². The molecular weight excluding hydrogens is 374 g/mol. The summed E-state index contributed by atoms with van der Waals surface area (Å²) in [6.07, 6.45) is 7.19. The van der Waals surface area contributed by atoms with Gasteiger partial charge in [-0.05, 0) is 47.9 Å². The molecule has 3 heterocycles. The predicted molar refractivity (Wildman–Crippen MR) is 119 cm³/mol. The standard InChI is InChI=1S/C24H23N5O/c1-2-3-12-28-13-9-18(16-23(28)30)17-10-14-29(22(25)15-17)24(26)20-8-11-27-21-7-5-4-6-19(20)21/h4-11,13-16,25-26H,2-3,12H2,1H3. The van der Waals surface area contributed by atoms with E-state index < -0.39 is 0 Å². The molecule has 30 heavy (non-hydrogen) atoms. The number of pyridine rings is 3. The maximum atomic E-state index is 12.4. The van der Waals surface area contributed by atoms with E-state index in [9.17, 15) is 4.79 Å². The molecule has 0 aliphatic carbocycles. The molecule has 0 aliphatic heterocycles. The van der Waals surface area contributed by atoms with Crippen LogP contribution in [-0.2, 0) is 6.54 Å². The Hall–Kier alpha value is -3.80. The Kier molecular flexibility index (Phi) is 5.39. The van der Waals surface area contributed by atoms with Crippen LogP contribution in [0.5, 0.6) is 0 Å². The van der Waals surface area contributed by atoms with Crippen LogP contribution in [0.25, 0.3) is 22.0 Å². The zero-order valence-electron chi connectivity index (χ0n) is 16.8. The van der Waals surface area contributed by atoms with Crippen molar-refractivity contribution in [3.05, 3.63) is 94.6 Å². The number of para-hydroxylation sites is 1. The van der Waals surface area contributed by atoms with Crippen molar-refractivity contribution in [1.82, 2.24) is 14.1 Å². The van der Waals surface area contributed by atoms with Crippen molar-refractivity contribution in [2.45, 2.75) is 26.3 Å². The smallest absolute Gasteiger partial charge is 0.251 e. The van der Waals surface area contributed by atoms with E-state index in [-0.39, 0.29) is 16.9 Å². The van der Waals surface area contributed by atoms with E-state index in [1.807, 2.05) is 42.6 Å². The SMILES string of the molecule is CCCCn1ccc(-c2ccn(C(=N)c3ccnc4ccccc34)c(=N)c2)cc1=O. The Morgan fingerprint density at radius 3 is 2.57 bits per heavy atom. The van der Waals surface area contributed by atoms with Gasteiger partial charge in [0.2, 0.25) is 0 Å². The molecule has 3 aromatic heterocycles. The Morgan fingerprint density at radius 2 is 1.80 bits per heavy atom. The fourth-order valence-corrected chi connectivity index (χ4v) is 3.51. The van der Waals surface area contributed by atoms with Gasteiger partial charge in [-0.2, -0.15) is 0 Å². The van der Waals surface area contributed by atoms with E-state index in [2.05, 4.69) is 11.9 Å². The average molecular weight is 397 g/mol. The van der Waals surface area contributed by atoms with Gasteiger partial charge in [0.1, 0.15) is 11.3 Å². The van der Waals surface area contributed by atoms with Crippen molar-refractivity contribution in [2.75, 3.05) is 0 Å². The summed E-state index contributed by atoms with van der Waals surface area (Å²) in [4.78, 5) is 16.7. The third kappa shape index (κ3) is 3.72. The lowest BCUT2D eigenvalue weighted by Gasteiger charge is -2.12. The molecule has 4 rings (SSSR count). The van der Waals surface area contributed by atoms with Crippen molar-refractivity contribution < 1.29 is 0 Å². The summed E-state index contributed by atoms with van der Waals surface area (Å²) in [6, 6.07) is 16.5. The minimum atomic E-state index is -0.0415. The second kappa shape index (κ2) is 8.29. The molecule has 0 fully saturated rings. The molecule has 0 saturated heterocycles. The number of nitrogens with zero attached hydrogens (tertiary/aromatic N) is 3. The van der Waals surface area contributed by atoms with Gasteiger partial charge in [0.15, 0.2) is 0 Å². The molecule has 4 aromatic rings. The Labute approximate surface area is 174 Å². The van der Waals surface area contributed by atoms with Crippen molar-refractivity contribution in [3.8, 4) is 11.1 Å². The van der Waals surface area contributed by atoms with Gasteiger partial charge in [-0.15, -0.1) is 0 Å². The highest BCUT2D eigenvalue weighted by molar-refractivity contribution is 6.08. The summed E-state index contributed by atoms with van der Waals surface area (Å²) in [5.74, 6) is 0.208. The molecule has 150 valence electrons. The van der Waals surface area contributed by atoms with Crippen molar-refractivity contribution >= 4 is 16.7 Å². The second-order valence-corrected chi connectivity index (χ2v) is 7.20. The number of benzene rings is 1. The largest absolute Gasteiger partial charge is 0.316 e. The van der Waals surface area contributed by atoms with E-state index in [0.29, 0.717) is 12.1 Å². The number of rotatable bonds is 5. The number of aromatic nitrogens is 3. The molecule has 0 aliphatic rings. The fourth-order valence-electron chi connectivity index (χ4n) is 3.51. The normalized spacial score (nSPS) is 11.0. The lowest BCUT2D eigenvalue weighted by atomic mass is 10.1. The van der Waals surface area contributed by atoms with E-state index in [1.54, 1.807) is 35.2 Å². The van der Waals surface area contributed by atoms with Crippen LogP contribution in [0.15, 0.2) is 78.0 Å². The van der Waals surface area contributed by atoms with E-state index in [1.165, 1.54) is 4.57 Å². The van der Waals surface area contributed by atoms with Gasteiger partial charge in [0.25, 0.3) is 5.56 Å². The predicted octanol–water partition coefficient (Wildman–Crippen LogP) is 4.02. The lowest BCUT2D eigenvalue weighted by molar-refractivity contribution is 0.613. The Bertz CT molecular complexity index is 1340. The Balaban J connectivity index is 1.68.